The van der Waals surface area contributed by atoms with E-state index in [1.54, 1.807) is 0 Å². The first-order valence-corrected chi connectivity index (χ1v) is 8.50. The van der Waals surface area contributed by atoms with Gasteiger partial charge in [-0.3, -0.25) is 0 Å². The first kappa shape index (κ1) is 17.0. The zero-order valence-corrected chi connectivity index (χ0v) is 14.0. The molecule has 0 heterocycles. The Morgan fingerprint density at radius 1 is 1.16 bits per heavy atom. The third kappa shape index (κ3) is 5.07. The van der Waals surface area contributed by atoms with Gasteiger partial charge in [-0.1, -0.05) is 41.0 Å². The highest BCUT2D eigenvalue weighted by atomic mass is 15.1. The van der Waals surface area contributed by atoms with Gasteiger partial charge in [0.05, 0.1) is 0 Å². The van der Waals surface area contributed by atoms with E-state index in [2.05, 4.69) is 44.8 Å². The summed E-state index contributed by atoms with van der Waals surface area (Å²) in [6.07, 6.45) is 6.71. The molecular formula is C17H36N2. The molecule has 0 radical (unpaired) electrons. The summed E-state index contributed by atoms with van der Waals surface area (Å²) in [6.45, 7) is 16.7. The Bertz CT molecular complexity index is 237. The summed E-state index contributed by atoms with van der Waals surface area (Å²) in [5, 5.41) is 3.86. The lowest BCUT2D eigenvalue weighted by Crippen LogP contribution is -2.53. The molecule has 0 aliphatic heterocycles. The van der Waals surface area contributed by atoms with Crippen LogP contribution in [0.4, 0.5) is 0 Å². The van der Waals surface area contributed by atoms with E-state index in [1.165, 1.54) is 58.3 Å². The molecule has 0 aromatic heterocycles. The van der Waals surface area contributed by atoms with E-state index < -0.39 is 0 Å². The summed E-state index contributed by atoms with van der Waals surface area (Å²) in [5.74, 6) is 0.835. The molecule has 0 saturated heterocycles. The smallest absolute Gasteiger partial charge is 0.0159 e. The number of hydrogen-bond acceptors (Lipinski definition) is 2. The largest absolute Gasteiger partial charge is 0.313 e. The third-order valence-corrected chi connectivity index (χ3v) is 4.80. The quantitative estimate of drug-likeness (QED) is 0.718. The van der Waals surface area contributed by atoms with E-state index in [0.717, 1.165) is 5.92 Å². The average Bonchev–Trinajstić information content (AvgIpc) is 2.36. The molecule has 1 aliphatic rings. The van der Waals surface area contributed by atoms with Crippen LogP contribution < -0.4 is 5.32 Å². The Labute approximate surface area is 121 Å². The maximum atomic E-state index is 3.86. The molecule has 2 unspecified atom stereocenters. The standard InChI is InChI=1S/C17H36N2/c1-6-12-18-16-15(10-9-11-17(16,4)5)14-19(8-3)13-7-2/h15-16,18H,6-14H2,1-5H3. The van der Waals surface area contributed by atoms with Crippen LogP contribution in [0.5, 0.6) is 0 Å². The zero-order chi connectivity index (χ0) is 14.3. The molecule has 1 N–H and O–H groups in total. The van der Waals surface area contributed by atoms with Crippen LogP contribution in [0.25, 0.3) is 0 Å². The lowest BCUT2D eigenvalue weighted by molar-refractivity contribution is 0.0801. The molecule has 0 spiro atoms. The molecule has 114 valence electrons. The Hall–Kier alpha value is -0.0800. The van der Waals surface area contributed by atoms with Crippen molar-refractivity contribution in [3.63, 3.8) is 0 Å². The Kier molecular flexibility index (Phi) is 7.38. The maximum Gasteiger partial charge on any atom is 0.0159 e. The lowest BCUT2D eigenvalue weighted by Gasteiger charge is -2.46. The first-order valence-electron chi connectivity index (χ1n) is 8.50. The topological polar surface area (TPSA) is 15.3 Å². The summed E-state index contributed by atoms with van der Waals surface area (Å²) >= 11 is 0. The van der Waals surface area contributed by atoms with Crippen LogP contribution in [-0.4, -0.2) is 37.1 Å². The molecule has 0 bridgehead atoms. The predicted molar refractivity (Wildman–Crippen MR) is 85.6 cm³/mol. The van der Waals surface area contributed by atoms with E-state index >= 15 is 0 Å². The highest BCUT2D eigenvalue weighted by Gasteiger charge is 2.38. The molecule has 1 saturated carbocycles. The molecular weight excluding hydrogens is 232 g/mol. The summed E-state index contributed by atoms with van der Waals surface area (Å²) in [6, 6.07) is 0.701. The van der Waals surface area contributed by atoms with Crippen LogP contribution in [0.15, 0.2) is 0 Å². The highest BCUT2D eigenvalue weighted by Crippen LogP contribution is 2.39. The zero-order valence-electron chi connectivity index (χ0n) is 14.0. The summed E-state index contributed by atoms with van der Waals surface area (Å²) < 4.78 is 0. The number of hydrogen-bond donors (Lipinski definition) is 1. The molecule has 1 rings (SSSR count). The van der Waals surface area contributed by atoms with Gasteiger partial charge in [-0.05, 0) is 56.7 Å². The molecule has 0 amide bonds. The van der Waals surface area contributed by atoms with Crippen molar-refractivity contribution >= 4 is 0 Å². The van der Waals surface area contributed by atoms with E-state index in [0.29, 0.717) is 11.5 Å². The van der Waals surface area contributed by atoms with Crippen LogP contribution in [0.2, 0.25) is 0 Å². The Morgan fingerprint density at radius 3 is 2.47 bits per heavy atom. The SMILES string of the molecule is CCCNC1C(CN(CC)CCC)CCCC1(C)C. The van der Waals surface area contributed by atoms with Gasteiger partial charge in [0.25, 0.3) is 0 Å². The number of nitrogens with one attached hydrogen (secondary N) is 1. The Morgan fingerprint density at radius 2 is 1.89 bits per heavy atom. The minimum Gasteiger partial charge on any atom is -0.313 e. The van der Waals surface area contributed by atoms with Gasteiger partial charge in [-0.15, -0.1) is 0 Å². The van der Waals surface area contributed by atoms with Gasteiger partial charge in [0, 0.05) is 12.6 Å². The van der Waals surface area contributed by atoms with Crippen LogP contribution in [0.1, 0.15) is 66.7 Å². The van der Waals surface area contributed by atoms with Crippen molar-refractivity contribution in [3.05, 3.63) is 0 Å². The summed E-state index contributed by atoms with van der Waals surface area (Å²) in [4.78, 5) is 2.65. The first-order chi connectivity index (χ1) is 9.05. The second-order valence-corrected chi connectivity index (χ2v) is 6.97. The fourth-order valence-corrected chi connectivity index (χ4v) is 3.75. The van der Waals surface area contributed by atoms with Crippen molar-refractivity contribution in [3.8, 4) is 0 Å². The highest BCUT2D eigenvalue weighted by molar-refractivity contribution is 4.94. The Balaban J connectivity index is 2.65. The number of rotatable bonds is 8. The molecule has 1 aliphatic carbocycles. The summed E-state index contributed by atoms with van der Waals surface area (Å²) in [5.41, 5.74) is 0.462. The molecule has 19 heavy (non-hydrogen) atoms. The molecule has 2 heteroatoms. The van der Waals surface area contributed by atoms with Crippen molar-refractivity contribution in [1.82, 2.24) is 10.2 Å². The van der Waals surface area contributed by atoms with E-state index in [4.69, 9.17) is 0 Å². The van der Waals surface area contributed by atoms with Crippen LogP contribution >= 0.6 is 0 Å². The van der Waals surface area contributed by atoms with Crippen molar-refractivity contribution in [2.24, 2.45) is 11.3 Å². The normalized spacial score (nSPS) is 26.8. The van der Waals surface area contributed by atoms with Gasteiger partial charge in [-0.2, -0.15) is 0 Å². The third-order valence-electron chi connectivity index (χ3n) is 4.80. The van der Waals surface area contributed by atoms with Gasteiger partial charge in [0.1, 0.15) is 0 Å². The minimum atomic E-state index is 0.462. The van der Waals surface area contributed by atoms with E-state index in [1.807, 2.05) is 0 Å². The van der Waals surface area contributed by atoms with Gasteiger partial charge in [-0.25, -0.2) is 0 Å². The van der Waals surface area contributed by atoms with Crippen LogP contribution in [0, 0.1) is 11.3 Å². The second-order valence-electron chi connectivity index (χ2n) is 6.97. The second kappa shape index (κ2) is 8.26. The molecule has 1 fully saturated rings. The average molecular weight is 268 g/mol. The van der Waals surface area contributed by atoms with Crippen molar-refractivity contribution < 1.29 is 0 Å². The van der Waals surface area contributed by atoms with E-state index in [-0.39, 0.29) is 0 Å². The van der Waals surface area contributed by atoms with Crippen molar-refractivity contribution in [2.75, 3.05) is 26.2 Å². The predicted octanol–water partition coefficient (Wildman–Crippen LogP) is 3.91. The van der Waals surface area contributed by atoms with Crippen molar-refractivity contribution in [1.29, 1.82) is 0 Å². The fourth-order valence-electron chi connectivity index (χ4n) is 3.75. The maximum absolute atomic E-state index is 3.86. The number of nitrogens with zero attached hydrogens (tertiary/aromatic N) is 1. The lowest BCUT2D eigenvalue weighted by atomic mass is 9.67. The molecule has 0 aromatic rings. The van der Waals surface area contributed by atoms with Crippen molar-refractivity contribution in [2.45, 2.75) is 72.8 Å². The monoisotopic (exact) mass is 268 g/mol. The van der Waals surface area contributed by atoms with Crippen LogP contribution in [0.3, 0.4) is 0 Å². The summed E-state index contributed by atoms with van der Waals surface area (Å²) in [7, 11) is 0. The molecule has 2 nitrogen and oxygen atoms in total. The molecule has 0 aromatic carbocycles. The van der Waals surface area contributed by atoms with Gasteiger partial charge in [0.15, 0.2) is 0 Å². The van der Waals surface area contributed by atoms with Crippen LogP contribution in [-0.2, 0) is 0 Å². The van der Waals surface area contributed by atoms with Gasteiger partial charge < -0.3 is 10.2 Å². The van der Waals surface area contributed by atoms with E-state index in [9.17, 15) is 0 Å². The van der Waals surface area contributed by atoms with Gasteiger partial charge >= 0.3 is 0 Å². The minimum absolute atomic E-state index is 0.462. The fraction of sp³-hybridized carbons (Fsp3) is 1.00. The van der Waals surface area contributed by atoms with Gasteiger partial charge in [0.2, 0.25) is 0 Å². The molecule has 2 atom stereocenters.